The highest BCUT2D eigenvalue weighted by molar-refractivity contribution is 5.96. The van der Waals surface area contributed by atoms with E-state index < -0.39 is 11.9 Å². The molecule has 0 radical (unpaired) electrons. The summed E-state index contributed by atoms with van der Waals surface area (Å²) < 4.78 is 42.7. The van der Waals surface area contributed by atoms with Crippen LogP contribution < -0.4 is 5.32 Å². The van der Waals surface area contributed by atoms with Crippen LogP contribution in [-0.4, -0.2) is 33.3 Å². The van der Waals surface area contributed by atoms with Gasteiger partial charge in [-0.15, -0.1) is 0 Å². The molecule has 2 saturated carbocycles. The van der Waals surface area contributed by atoms with E-state index in [1.54, 1.807) is 18.2 Å². The van der Waals surface area contributed by atoms with Gasteiger partial charge in [-0.25, -0.2) is 9.78 Å². The molecule has 2 aromatic carbocycles. The number of hydrogen-bond donors (Lipinski definition) is 1. The van der Waals surface area contributed by atoms with Crippen LogP contribution in [0.15, 0.2) is 54.6 Å². The lowest BCUT2D eigenvalue weighted by Gasteiger charge is -2.30. The van der Waals surface area contributed by atoms with Crippen molar-refractivity contribution in [1.82, 2.24) is 4.98 Å². The molecule has 2 aliphatic carbocycles. The molecule has 2 atom stereocenters. The van der Waals surface area contributed by atoms with Gasteiger partial charge in [0.25, 0.3) is 0 Å². The number of benzene rings is 2. The Morgan fingerprint density at radius 1 is 1.06 bits per heavy atom. The molecule has 1 aromatic heterocycles. The minimum absolute atomic E-state index is 0.0270. The highest BCUT2D eigenvalue weighted by atomic mass is 19.4. The van der Waals surface area contributed by atoms with Crippen molar-refractivity contribution in [3.63, 3.8) is 0 Å². The first-order chi connectivity index (χ1) is 17.3. The molecule has 3 aromatic rings. The monoisotopic (exact) mass is 494 g/mol. The number of amides is 1. The molecule has 1 heterocycles. The summed E-state index contributed by atoms with van der Waals surface area (Å²) in [5.74, 6) is 0.0570. The van der Waals surface area contributed by atoms with Crippen molar-refractivity contribution in [3.05, 3.63) is 71.4 Å². The Kier molecular flexibility index (Phi) is 6.82. The quantitative estimate of drug-likeness (QED) is 0.388. The third-order valence-corrected chi connectivity index (χ3v) is 7.50. The van der Waals surface area contributed by atoms with Crippen LogP contribution >= 0.6 is 0 Å². The second-order valence-corrected chi connectivity index (χ2v) is 9.84. The number of pyridine rings is 1. The summed E-state index contributed by atoms with van der Waals surface area (Å²) in [5.41, 5.74) is 2.86. The summed E-state index contributed by atoms with van der Waals surface area (Å²) >= 11 is 0. The summed E-state index contributed by atoms with van der Waals surface area (Å²) in [6.07, 6.45) is 2.56. The molecular weight excluding hydrogens is 463 g/mol. The Morgan fingerprint density at radius 3 is 2.53 bits per heavy atom. The summed E-state index contributed by atoms with van der Waals surface area (Å²) in [6, 6.07) is 15.8. The molecule has 7 heteroatoms. The minimum Gasteiger partial charge on any atom is -0.381 e. The van der Waals surface area contributed by atoms with Crippen molar-refractivity contribution in [2.45, 2.75) is 76.6 Å². The lowest BCUT2D eigenvalue weighted by atomic mass is 9.87. The normalized spacial score (nSPS) is 20.2. The molecule has 0 aliphatic heterocycles. The van der Waals surface area contributed by atoms with E-state index in [-0.39, 0.29) is 18.0 Å². The highest BCUT2D eigenvalue weighted by Crippen LogP contribution is 2.35. The molecule has 1 amide bonds. The summed E-state index contributed by atoms with van der Waals surface area (Å²) in [4.78, 5) is 17.6. The smallest absolute Gasteiger partial charge is 0.381 e. The number of alkyl halides is 3. The fourth-order valence-corrected chi connectivity index (χ4v) is 5.50. The Balaban J connectivity index is 1.44. The van der Waals surface area contributed by atoms with Crippen LogP contribution in [0.1, 0.15) is 73.5 Å². The van der Waals surface area contributed by atoms with Gasteiger partial charge in [-0.05, 0) is 49.4 Å². The van der Waals surface area contributed by atoms with Crippen LogP contribution in [0.2, 0.25) is 0 Å². The number of halogens is 3. The number of anilines is 1. The zero-order chi connectivity index (χ0) is 25.3. The Hall–Kier alpha value is -3.22. The molecule has 5 rings (SSSR count). The zero-order valence-corrected chi connectivity index (χ0v) is 20.4. The van der Waals surface area contributed by atoms with Gasteiger partial charge in [-0.3, -0.25) is 0 Å². The predicted molar refractivity (Wildman–Crippen MR) is 136 cm³/mol. The Labute approximate surface area is 209 Å². The molecule has 4 nitrogen and oxygen atoms in total. The van der Waals surface area contributed by atoms with E-state index in [0.717, 1.165) is 62.1 Å². The number of para-hydroxylation sites is 1. The molecule has 2 fully saturated rings. The average molecular weight is 495 g/mol. The van der Waals surface area contributed by atoms with E-state index in [9.17, 15) is 18.0 Å². The number of carbonyl (C=O) groups is 1. The van der Waals surface area contributed by atoms with Gasteiger partial charge >= 0.3 is 12.1 Å². The fourth-order valence-electron chi connectivity index (χ4n) is 5.50. The van der Waals surface area contributed by atoms with Crippen LogP contribution in [0.25, 0.3) is 10.9 Å². The van der Waals surface area contributed by atoms with E-state index in [1.807, 2.05) is 34.9 Å². The van der Waals surface area contributed by atoms with Crippen LogP contribution in [0.5, 0.6) is 0 Å². The molecule has 2 aliphatic rings. The lowest BCUT2D eigenvalue weighted by molar-refractivity contribution is -0.481. The largest absolute Gasteiger partial charge is 0.433 e. The number of nitrogens with zero attached hydrogens (tertiary/aromatic N) is 2. The molecule has 0 saturated heterocycles. The van der Waals surface area contributed by atoms with E-state index in [4.69, 9.17) is 0 Å². The highest BCUT2D eigenvalue weighted by Gasteiger charge is 2.40. The van der Waals surface area contributed by atoms with Crippen LogP contribution in [0.4, 0.5) is 18.9 Å². The Morgan fingerprint density at radius 2 is 1.81 bits per heavy atom. The maximum Gasteiger partial charge on any atom is 0.433 e. The number of fused-ring (bicyclic) bond motifs is 1. The van der Waals surface area contributed by atoms with Crippen molar-refractivity contribution in [2.24, 2.45) is 0 Å². The number of aryl methyl sites for hydroxylation is 1. The van der Waals surface area contributed by atoms with Crippen LogP contribution in [0, 0.1) is 0 Å². The standard InChI is InChI=1S/C29H31F3N3O/c1-2-19-9-3-4-14-23(19)28(36)35(21-11-8-12-21)22-13-7-10-20(17-22)33-26-18-27(29(30,31)32)34-25-16-6-5-15-24(25)26/h3-6,9,14-16,18,20,22H,2,7-8,10-13,17H2,1H3,(H,33,34)/q+1/t20-,22+/m0/s1. The number of rotatable bonds is 5. The van der Waals surface area contributed by atoms with E-state index in [0.29, 0.717) is 23.0 Å². The SMILES string of the molecule is CCc1ccccc1C(=O)[N+](=C1CCC1)[C@@H]1CCC[C@H](Nc2cc(C(F)(F)F)nc3ccccc23)C1. The number of carbonyl (C=O) groups excluding carboxylic acids is 1. The lowest BCUT2D eigenvalue weighted by Crippen LogP contribution is -2.44. The third-order valence-electron chi connectivity index (χ3n) is 7.50. The molecule has 0 bridgehead atoms. The second kappa shape index (κ2) is 10.0. The second-order valence-electron chi connectivity index (χ2n) is 9.84. The fraction of sp³-hybridized carbons (Fsp3) is 0.414. The molecule has 1 N–H and O–H groups in total. The first-order valence-corrected chi connectivity index (χ1v) is 12.8. The topological polar surface area (TPSA) is 45.0 Å². The molecular formula is C29H31F3N3O+. The van der Waals surface area contributed by atoms with Crippen LogP contribution in [0.3, 0.4) is 0 Å². The maximum atomic E-state index is 13.8. The number of aromatic nitrogens is 1. The Bertz CT molecular complexity index is 1310. The molecule has 188 valence electrons. The first kappa shape index (κ1) is 24.5. The molecule has 0 unspecified atom stereocenters. The number of nitrogens with one attached hydrogen (secondary N) is 1. The molecule has 36 heavy (non-hydrogen) atoms. The van der Waals surface area contributed by atoms with Gasteiger partial charge < -0.3 is 5.32 Å². The molecule has 0 spiro atoms. The van der Waals surface area contributed by atoms with Crippen molar-refractivity contribution >= 4 is 28.2 Å². The van der Waals surface area contributed by atoms with E-state index in [1.165, 1.54) is 5.71 Å². The van der Waals surface area contributed by atoms with E-state index >= 15 is 0 Å². The van der Waals surface area contributed by atoms with Gasteiger partial charge in [0.15, 0.2) is 11.8 Å². The maximum absolute atomic E-state index is 13.8. The predicted octanol–water partition coefficient (Wildman–Crippen LogP) is 7.02. The van der Waals surface area contributed by atoms with Gasteiger partial charge in [0.1, 0.15) is 5.69 Å². The van der Waals surface area contributed by atoms with Crippen molar-refractivity contribution < 1.29 is 22.5 Å². The summed E-state index contributed by atoms with van der Waals surface area (Å²) in [6.45, 7) is 2.06. The first-order valence-electron chi connectivity index (χ1n) is 12.8. The van der Waals surface area contributed by atoms with Crippen molar-refractivity contribution in [1.29, 1.82) is 0 Å². The number of hydrogen-bond acceptors (Lipinski definition) is 3. The zero-order valence-electron chi connectivity index (χ0n) is 20.4. The minimum atomic E-state index is -4.52. The summed E-state index contributed by atoms with van der Waals surface area (Å²) in [5, 5.41) is 4.08. The van der Waals surface area contributed by atoms with Crippen LogP contribution in [-0.2, 0) is 12.6 Å². The van der Waals surface area contributed by atoms with Gasteiger partial charge in [-0.1, -0.05) is 43.3 Å². The third kappa shape index (κ3) is 4.88. The average Bonchev–Trinajstić information content (AvgIpc) is 2.85. The van der Waals surface area contributed by atoms with Gasteiger partial charge in [0.05, 0.1) is 11.1 Å². The van der Waals surface area contributed by atoms with Gasteiger partial charge in [0, 0.05) is 42.8 Å². The van der Waals surface area contributed by atoms with Crippen molar-refractivity contribution in [2.75, 3.05) is 5.32 Å². The van der Waals surface area contributed by atoms with E-state index in [2.05, 4.69) is 17.2 Å². The van der Waals surface area contributed by atoms with Crippen molar-refractivity contribution in [3.8, 4) is 0 Å². The van der Waals surface area contributed by atoms with Gasteiger partial charge in [0.2, 0.25) is 0 Å². The summed E-state index contributed by atoms with van der Waals surface area (Å²) in [7, 11) is 0. The van der Waals surface area contributed by atoms with Gasteiger partial charge in [-0.2, -0.15) is 17.7 Å².